The van der Waals surface area contributed by atoms with Gasteiger partial charge < -0.3 is 9.84 Å². The van der Waals surface area contributed by atoms with Crippen LogP contribution in [-0.4, -0.2) is 20.8 Å². The zero-order valence-corrected chi connectivity index (χ0v) is 11.6. The van der Waals surface area contributed by atoms with Gasteiger partial charge in [-0.1, -0.05) is 5.16 Å². The lowest BCUT2D eigenvalue weighted by Gasteiger charge is -2.07. The molecule has 2 aromatic heterocycles. The predicted molar refractivity (Wildman–Crippen MR) is 66.7 cm³/mol. The predicted octanol–water partition coefficient (Wildman–Crippen LogP) is 3.00. The van der Waals surface area contributed by atoms with Crippen molar-refractivity contribution in [2.24, 2.45) is 0 Å². The summed E-state index contributed by atoms with van der Waals surface area (Å²) in [6.45, 7) is 2.51. The number of nitrogens with one attached hydrogen (secondary N) is 1. The van der Waals surface area contributed by atoms with Gasteiger partial charge in [-0.3, -0.25) is 9.48 Å². The van der Waals surface area contributed by atoms with Crippen molar-refractivity contribution in [1.82, 2.24) is 14.9 Å². The Labute approximate surface area is 122 Å². The van der Waals surface area contributed by atoms with Gasteiger partial charge in [0.25, 0.3) is 12.9 Å². The van der Waals surface area contributed by atoms with Crippen LogP contribution >= 0.6 is 0 Å². The number of hydrogen-bond acceptors (Lipinski definition) is 4. The first-order valence-electron chi connectivity index (χ1n) is 6.16. The Morgan fingerprint density at radius 3 is 2.50 bits per heavy atom. The van der Waals surface area contributed by atoms with E-state index in [0.717, 1.165) is 0 Å². The number of alkyl halides is 4. The minimum Gasteiger partial charge on any atom is -0.359 e. The van der Waals surface area contributed by atoms with Crippen LogP contribution in [0.25, 0.3) is 0 Å². The van der Waals surface area contributed by atoms with Gasteiger partial charge in [-0.05, 0) is 19.9 Å². The summed E-state index contributed by atoms with van der Waals surface area (Å²) in [6, 6.07) is 0.582. The summed E-state index contributed by atoms with van der Waals surface area (Å²) in [4.78, 5) is 11.9. The summed E-state index contributed by atoms with van der Waals surface area (Å²) >= 11 is 0. The second kappa shape index (κ2) is 6.16. The van der Waals surface area contributed by atoms with Crippen LogP contribution in [0.4, 0.5) is 23.2 Å². The van der Waals surface area contributed by atoms with Crippen LogP contribution in [0.2, 0.25) is 0 Å². The number of carbonyl (C=O) groups is 1. The van der Waals surface area contributed by atoms with Crippen LogP contribution in [0.1, 0.15) is 35.7 Å². The number of carbonyl (C=O) groups excluding carboxylic acids is 1. The summed E-state index contributed by atoms with van der Waals surface area (Å²) in [7, 11) is 0. The molecule has 2 rings (SSSR count). The van der Waals surface area contributed by atoms with Gasteiger partial charge in [-0.2, -0.15) is 5.10 Å². The Kier molecular flexibility index (Phi) is 4.48. The molecule has 10 heteroatoms. The summed E-state index contributed by atoms with van der Waals surface area (Å²) in [5, 5.41) is 9.37. The Balaban J connectivity index is 2.17. The van der Waals surface area contributed by atoms with Crippen LogP contribution in [-0.2, 0) is 11.3 Å². The van der Waals surface area contributed by atoms with Crippen molar-refractivity contribution in [2.45, 2.75) is 33.2 Å². The van der Waals surface area contributed by atoms with Crippen molar-refractivity contribution < 1.29 is 26.9 Å². The molecule has 22 heavy (non-hydrogen) atoms. The maximum Gasteiger partial charge on any atom is 0.282 e. The van der Waals surface area contributed by atoms with Crippen molar-refractivity contribution in [3.8, 4) is 0 Å². The molecule has 0 spiro atoms. The number of hydrogen-bond donors (Lipinski definition) is 1. The summed E-state index contributed by atoms with van der Waals surface area (Å²) < 4.78 is 56.0. The molecule has 0 atom stereocenters. The number of nitrogens with zero attached hydrogens (tertiary/aromatic N) is 3. The number of aromatic nitrogens is 3. The highest BCUT2D eigenvalue weighted by atomic mass is 19.3. The van der Waals surface area contributed by atoms with E-state index in [1.54, 1.807) is 13.8 Å². The van der Waals surface area contributed by atoms with Gasteiger partial charge in [0.1, 0.15) is 29.3 Å². The van der Waals surface area contributed by atoms with E-state index in [4.69, 9.17) is 4.52 Å². The lowest BCUT2D eigenvalue weighted by Crippen LogP contribution is -2.21. The number of rotatable bonds is 5. The number of aryl methyl sites for hydroxylation is 2. The number of amides is 1. The zero-order valence-electron chi connectivity index (χ0n) is 11.6. The monoisotopic (exact) mass is 320 g/mol. The smallest absolute Gasteiger partial charge is 0.282 e. The standard InChI is InChI=1S/C12H12F4N4O2/c1-5-10(6(2)22-19-5)17-9(21)4-20-8(12(15)16)3-7(18-20)11(13)14/h3,11-12H,4H2,1-2H3,(H,17,21). The fourth-order valence-corrected chi connectivity index (χ4v) is 1.84. The molecule has 0 saturated heterocycles. The summed E-state index contributed by atoms with van der Waals surface area (Å²) in [5.74, 6) is -0.367. The summed E-state index contributed by atoms with van der Waals surface area (Å²) in [6.07, 6.45) is -6.02. The van der Waals surface area contributed by atoms with Crippen molar-refractivity contribution in [1.29, 1.82) is 0 Å². The van der Waals surface area contributed by atoms with Gasteiger partial charge in [0.2, 0.25) is 5.91 Å². The second-order valence-electron chi connectivity index (χ2n) is 4.50. The van der Waals surface area contributed by atoms with Gasteiger partial charge in [-0.25, -0.2) is 17.6 Å². The molecule has 2 aromatic rings. The van der Waals surface area contributed by atoms with Crippen LogP contribution in [0.15, 0.2) is 10.6 Å². The topological polar surface area (TPSA) is 73.0 Å². The minimum atomic E-state index is -3.02. The molecule has 120 valence electrons. The second-order valence-corrected chi connectivity index (χ2v) is 4.50. The summed E-state index contributed by atoms with van der Waals surface area (Å²) in [5.41, 5.74) is -0.830. The molecule has 0 aromatic carbocycles. The Morgan fingerprint density at radius 2 is 2.00 bits per heavy atom. The van der Waals surface area contributed by atoms with Crippen LogP contribution in [0.3, 0.4) is 0 Å². The van der Waals surface area contributed by atoms with E-state index in [9.17, 15) is 22.4 Å². The molecule has 0 aliphatic heterocycles. The highest BCUT2D eigenvalue weighted by molar-refractivity contribution is 5.91. The van der Waals surface area contributed by atoms with Crippen molar-refractivity contribution in [3.63, 3.8) is 0 Å². The third-order valence-electron chi connectivity index (χ3n) is 2.87. The van der Waals surface area contributed by atoms with E-state index in [1.807, 2.05) is 0 Å². The zero-order chi connectivity index (χ0) is 16.4. The van der Waals surface area contributed by atoms with Crippen LogP contribution in [0, 0.1) is 13.8 Å². The third-order valence-corrected chi connectivity index (χ3v) is 2.87. The molecule has 0 fully saturated rings. The van der Waals surface area contributed by atoms with Gasteiger partial charge >= 0.3 is 0 Å². The number of halogens is 4. The fraction of sp³-hybridized carbons (Fsp3) is 0.417. The lowest BCUT2D eigenvalue weighted by molar-refractivity contribution is -0.117. The molecular formula is C12H12F4N4O2. The van der Waals surface area contributed by atoms with E-state index in [0.29, 0.717) is 27.9 Å². The number of anilines is 1. The molecule has 2 heterocycles. The first-order chi connectivity index (χ1) is 10.3. The van der Waals surface area contributed by atoms with Crippen molar-refractivity contribution >= 4 is 11.6 Å². The average molecular weight is 320 g/mol. The minimum absolute atomic E-state index is 0.310. The van der Waals surface area contributed by atoms with E-state index in [1.165, 1.54) is 0 Å². The van der Waals surface area contributed by atoms with E-state index >= 15 is 0 Å². The van der Waals surface area contributed by atoms with E-state index in [2.05, 4.69) is 15.6 Å². The lowest BCUT2D eigenvalue weighted by atomic mass is 10.3. The maximum atomic E-state index is 12.8. The Morgan fingerprint density at radius 1 is 1.32 bits per heavy atom. The Bertz CT molecular complexity index is 661. The highest BCUT2D eigenvalue weighted by Crippen LogP contribution is 2.25. The van der Waals surface area contributed by atoms with Crippen LogP contribution in [0.5, 0.6) is 0 Å². The SMILES string of the molecule is Cc1noc(C)c1NC(=O)Cn1nc(C(F)F)cc1C(F)F. The molecule has 0 bridgehead atoms. The van der Waals surface area contributed by atoms with Gasteiger partial charge in [0.15, 0.2) is 5.76 Å². The van der Waals surface area contributed by atoms with Gasteiger partial charge in [-0.15, -0.1) is 0 Å². The molecule has 0 saturated carbocycles. The first-order valence-corrected chi connectivity index (χ1v) is 6.16. The molecular weight excluding hydrogens is 308 g/mol. The molecule has 1 N–H and O–H groups in total. The van der Waals surface area contributed by atoms with Crippen LogP contribution < -0.4 is 5.32 Å². The molecule has 0 radical (unpaired) electrons. The third kappa shape index (κ3) is 3.26. The highest BCUT2D eigenvalue weighted by Gasteiger charge is 2.23. The average Bonchev–Trinajstić information content (AvgIpc) is 2.97. The quantitative estimate of drug-likeness (QED) is 0.860. The molecule has 0 aliphatic rings. The fourth-order valence-electron chi connectivity index (χ4n) is 1.84. The maximum absolute atomic E-state index is 12.8. The van der Waals surface area contributed by atoms with Gasteiger partial charge in [0.05, 0.1) is 0 Å². The molecule has 6 nitrogen and oxygen atoms in total. The van der Waals surface area contributed by atoms with Crippen molar-refractivity contribution in [3.05, 3.63) is 28.9 Å². The molecule has 1 amide bonds. The Hall–Kier alpha value is -2.39. The first kappa shape index (κ1) is 16.0. The molecule has 0 unspecified atom stereocenters. The van der Waals surface area contributed by atoms with E-state index < -0.39 is 36.7 Å². The van der Waals surface area contributed by atoms with Crippen molar-refractivity contribution in [2.75, 3.05) is 5.32 Å². The largest absolute Gasteiger partial charge is 0.359 e. The normalized spacial score (nSPS) is 11.5. The van der Waals surface area contributed by atoms with Gasteiger partial charge in [0, 0.05) is 0 Å². The molecule has 0 aliphatic carbocycles. The van der Waals surface area contributed by atoms with E-state index in [-0.39, 0.29) is 0 Å².